The zero-order chi connectivity index (χ0) is 13.5. The van der Waals surface area contributed by atoms with E-state index in [1.165, 1.54) is 0 Å². The molecule has 4 nitrogen and oxygen atoms in total. The minimum absolute atomic E-state index is 0.0224. The summed E-state index contributed by atoms with van der Waals surface area (Å²) in [6.45, 7) is 6.29. The van der Waals surface area contributed by atoms with Crippen molar-refractivity contribution in [2.24, 2.45) is 11.8 Å². The molecule has 2 N–H and O–H groups in total. The lowest BCUT2D eigenvalue weighted by Crippen LogP contribution is -2.17. The molecule has 0 spiro atoms. The van der Waals surface area contributed by atoms with Gasteiger partial charge in [0.05, 0.1) is 18.5 Å². The van der Waals surface area contributed by atoms with E-state index in [2.05, 4.69) is 31.1 Å². The molecular formula is C14H22N2O2. The van der Waals surface area contributed by atoms with Gasteiger partial charge < -0.3 is 10.4 Å². The molecule has 1 atom stereocenters. The van der Waals surface area contributed by atoms with Crippen molar-refractivity contribution in [3.8, 4) is 0 Å². The van der Waals surface area contributed by atoms with E-state index in [1.54, 1.807) is 18.5 Å². The maximum atomic E-state index is 11.9. The Balaban J connectivity index is 2.54. The van der Waals surface area contributed by atoms with Crippen LogP contribution in [0.1, 0.15) is 39.2 Å². The maximum Gasteiger partial charge on any atom is 0.224 e. The molecule has 0 aliphatic carbocycles. The highest BCUT2D eigenvalue weighted by molar-refractivity contribution is 5.91. The molecule has 1 unspecified atom stereocenters. The smallest absolute Gasteiger partial charge is 0.224 e. The van der Waals surface area contributed by atoms with Crippen LogP contribution in [0.4, 0.5) is 5.69 Å². The molecule has 18 heavy (non-hydrogen) atoms. The number of aliphatic hydroxyl groups is 1. The molecule has 1 aromatic rings. The van der Waals surface area contributed by atoms with E-state index in [0.717, 1.165) is 6.42 Å². The number of carbonyl (C=O) groups is 1. The normalized spacial score (nSPS) is 12.5. The van der Waals surface area contributed by atoms with Gasteiger partial charge in [0.2, 0.25) is 5.91 Å². The van der Waals surface area contributed by atoms with Crippen molar-refractivity contribution in [3.63, 3.8) is 0 Å². The molecule has 0 saturated carbocycles. The standard InChI is InChI=1S/C14H22N2O2/c1-10(2)6-11(3)7-14(18)16-13-8-15-5-4-12(13)9-17/h4-5,8,10-11,17H,6-7,9H2,1-3H3,(H,16,18). The summed E-state index contributed by atoms with van der Waals surface area (Å²) in [6.07, 6.45) is 4.70. The second-order valence-corrected chi connectivity index (χ2v) is 5.18. The number of anilines is 1. The predicted molar refractivity (Wildman–Crippen MR) is 72.0 cm³/mol. The minimum Gasteiger partial charge on any atom is -0.392 e. The van der Waals surface area contributed by atoms with Crippen LogP contribution >= 0.6 is 0 Å². The average Bonchev–Trinajstić information content (AvgIpc) is 2.28. The summed E-state index contributed by atoms with van der Waals surface area (Å²) in [6, 6.07) is 1.70. The Kier molecular flexibility index (Phi) is 5.78. The summed E-state index contributed by atoms with van der Waals surface area (Å²) in [4.78, 5) is 15.8. The van der Waals surface area contributed by atoms with E-state index in [4.69, 9.17) is 5.11 Å². The molecular weight excluding hydrogens is 228 g/mol. The Hall–Kier alpha value is -1.42. The first-order chi connectivity index (χ1) is 8.52. The van der Waals surface area contributed by atoms with Crippen molar-refractivity contribution in [2.45, 2.75) is 40.2 Å². The number of hydrogen-bond donors (Lipinski definition) is 2. The van der Waals surface area contributed by atoms with Gasteiger partial charge in [0.1, 0.15) is 0 Å². The SMILES string of the molecule is CC(C)CC(C)CC(=O)Nc1cnccc1CO. The number of carbonyl (C=O) groups excluding carboxylic acids is 1. The second kappa shape index (κ2) is 7.11. The first-order valence-electron chi connectivity index (χ1n) is 6.36. The van der Waals surface area contributed by atoms with Crippen molar-refractivity contribution in [1.29, 1.82) is 0 Å². The Morgan fingerprint density at radius 3 is 2.78 bits per heavy atom. The molecule has 0 saturated heterocycles. The van der Waals surface area contributed by atoms with Gasteiger partial charge in [-0.15, -0.1) is 0 Å². The Bertz CT molecular complexity index is 391. The largest absolute Gasteiger partial charge is 0.392 e. The molecule has 0 aliphatic heterocycles. The third-order valence-electron chi connectivity index (χ3n) is 2.76. The van der Waals surface area contributed by atoms with E-state index in [1.807, 2.05) is 0 Å². The van der Waals surface area contributed by atoms with Gasteiger partial charge in [0.15, 0.2) is 0 Å². The van der Waals surface area contributed by atoms with Crippen LogP contribution in [0.15, 0.2) is 18.5 Å². The average molecular weight is 250 g/mol. The number of hydrogen-bond acceptors (Lipinski definition) is 3. The van der Waals surface area contributed by atoms with E-state index in [-0.39, 0.29) is 12.5 Å². The van der Waals surface area contributed by atoms with Crippen LogP contribution in [0.3, 0.4) is 0 Å². The molecule has 1 amide bonds. The fourth-order valence-corrected chi connectivity index (χ4v) is 2.08. The Morgan fingerprint density at radius 1 is 1.44 bits per heavy atom. The van der Waals surface area contributed by atoms with Gasteiger partial charge in [-0.2, -0.15) is 0 Å². The van der Waals surface area contributed by atoms with Gasteiger partial charge >= 0.3 is 0 Å². The zero-order valence-corrected chi connectivity index (χ0v) is 11.3. The first kappa shape index (κ1) is 14.6. The van der Waals surface area contributed by atoms with Crippen LogP contribution in [-0.2, 0) is 11.4 Å². The van der Waals surface area contributed by atoms with Gasteiger partial charge in [-0.05, 0) is 24.3 Å². The summed E-state index contributed by atoms with van der Waals surface area (Å²) in [5.74, 6) is 0.935. The lowest BCUT2D eigenvalue weighted by atomic mass is 9.96. The molecule has 4 heteroatoms. The van der Waals surface area contributed by atoms with Crippen molar-refractivity contribution in [2.75, 3.05) is 5.32 Å². The van der Waals surface area contributed by atoms with Crippen molar-refractivity contribution >= 4 is 11.6 Å². The van der Waals surface area contributed by atoms with E-state index in [0.29, 0.717) is 29.5 Å². The van der Waals surface area contributed by atoms with Gasteiger partial charge in [-0.25, -0.2) is 0 Å². The first-order valence-corrected chi connectivity index (χ1v) is 6.36. The van der Waals surface area contributed by atoms with E-state index >= 15 is 0 Å². The van der Waals surface area contributed by atoms with Gasteiger partial charge in [-0.3, -0.25) is 9.78 Å². The fraction of sp³-hybridized carbons (Fsp3) is 0.571. The lowest BCUT2D eigenvalue weighted by Gasteiger charge is -2.14. The summed E-state index contributed by atoms with van der Waals surface area (Å²) in [5.41, 5.74) is 1.29. The fourth-order valence-electron chi connectivity index (χ4n) is 2.08. The van der Waals surface area contributed by atoms with Gasteiger partial charge in [0, 0.05) is 18.2 Å². The third kappa shape index (κ3) is 4.84. The van der Waals surface area contributed by atoms with Crippen LogP contribution in [0, 0.1) is 11.8 Å². The number of aliphatic hydroxyl groups excluding tert-OH is 1. The van der Waals surface area contributed by atoms with Crippen LogP contribution in [0.2, 0.25) is 0 Å². The molecule has 100 valence electrons. The van der Waals surface area contributed by atoms with Crippen molar-refractivity contribution < 1.29 is 9.90 Å². The minimum atomic E-state index is -0.0975. The maximum absolute atomic E-state index is 11.9. The highest BCUT2D eigenvalue weighted by Gasteiger charge is 2.12. The van der Waals surface area contributed by atoms with Crippen LogP contribution in [0.5, 0.6) is 0 Å². The number of nitrogens with zero attached hydrogens (tertiary/aromatic N) is 1. The molecule has 1 rings (SSSR count). The van der Waals surface area contributed by atoms with E-state index in [9.17, 15) is 4.79 Å². The summed E-state index contributed by atoms with van der Waals surface area (Å²) >= 11 is 0. The molecule has 0 bridgehead atoms. The Morgan fingerprint density at radius 2 is 2.17 bits per heavy atom. The topological polar surface area (TPSA) is 62.2 Å². The highest BCUT2D eigenvalue weighted by atomic mass is 16.3. The van der Waals surface area contributed by atoms with Gasteiger partial charge in [0.25, 0.3) is 0 Å². The van der Waals surface area contributed by atoms with Gasteiger partial charge in [-0.1, -0.05) is 20.8 Å². The third-order valence-corrected chi connectivity index (χ3v) is 2.76. The highest BCUT2D eigenvalue weighted by Crippen LogP contribution is 2.17. The summed E-state index contributed by atoms with van der Waals surface area (Å²) in [5, 5.41) is 12.0. The van der Waals surface area contributed by atoms with Crippen LogP contribution in [-0.4, -0.2) is 16.0 Å². The Labute approximate surface area is 108 Å². The summed E-state index contributed by atoms with van der Waals surface area (Å²) < 4.78 is 0. The monoisotopic (exact) mass is 250 g/mol. The zero-order valence-electron chi connectivity index (χ0n) is 11.3. The van der Waals surface area contributed by atoms with Crippen LogP contribution in [0.25, 0.3) is 0 Å². The van der Waals surface area contributed by atoms with E-state index < -0.39 is 0 Å². The van der Waals surface area contributed by atoms with Crippen molar-refractivity contribution in [1.82, 2.24) is 4.98 Å². The molecule has 1 heterocycles. The van der Waals surface area contributed by atoms with Crippen LogP contribution < -0.4 is 5.32 Å². The number of rotatable bonds is 6. The molecule has 0 radical (unpaired) electrons. The number of nitrogens with one attached hydrogen (secondary N) is 1. The van der Waals surface area contributed by atoms with Crippen molar-refractivity contribution in [3.05, 3.63) is 24.0 Å². The number of amides is 1. The molecule has 0 aromatic carbocycles. The lowest BCUT2D eigenvalue weighted by molar-refractivity contribution is -0.117. The summed E-state index contributed by atoms with van der Waals surface area (Å²) in [7, 11) is 0. The molecule has 1 aromatic heterocycles. The quantitative estimate of drug-likeness (QED) is 0.815. The number of pyridine rings is 1. The number of aromatic nitrogens is 1. The molecule has 0 aliphatic rings. The molecule has 0 fully saturated rings. The second-order valence-electron chi connectivity index (χ2n) is 5.18. The predicted octanol–water partition coefficient (Wildman–Crippen LogP) is 2.58.